The Labute approximate surface area is 128 Å². The molecule has 3 rings (SSSR count). The molecule has 0 aromatic heterocycles. The Morgan fingerprint density at radius 2 is 1.85 bits per heavy atom. The molecule has 110 valence electrons. The molecule has 0 heterocycles. The van der Waals surface area contributed by atoms with Crippen LogP contribution >= 0.6 is 11.6 Å². The predicted octanol–water partition coefficient (Wildman–Crippen LogP) is 5.35. The van der Waals surface area contributed by atoms with Crippen molar-refractivity contribution in [1.82, 2.24) is 5.32 Å². The van der Waals surface area contributed by atoms with Gasteiger partial charge in [0.2, 0.25) is 0 Å². The molecular formula is C18H26ClN. The lowest BCUT2D eigenvalue weighted by Gasteiger charge is -2.37. The first kappa shape index (κ1) is 14.4. The SMILES string of the molecule is CC1(C)CCCC(NC(c2ccc(Cl)cc2)C2CC2)C1. The van der Waals surface area contributed by atoms with E-state index in [0.717, 1.165) is 10.9 Å². The zero-order chi connectivity index (χ0) is 14.2. The van der Waals surface area contributed by atoms with Crippen LogP contribution in [0.1, 0.15) is 64.0 Å². The molecule has 0 bridgehead atoms. The fourth-order valence-corrected chi connectivity index (χ4v) is 3.82. The lowest BCUT2D eigenvalue weighted by Crippen LogP contribution is -2.40. The normalized spacial score (nSPS) is 27.2. The molecule has 1 nitrogen and oxygen atoms in total. The van der Waals surface area contributed by atoms with Gasteiger partial charge < -0.3 is 5.32 Å². The Kier molecular flexibility index (Phi) is 4.10. The van der Waals surface area contributed by atoms with Crippen molar-refractivity contribution in [2.24, 2.45) is 11.3 Å². The summed E-state index contributed by atoms with van der Waals surface area (Å²) in [5.74, 6) is 0.834. The highest BCUT2D eigenvalue weighted by atomic mass is 35.5. The molecule has 1 aromatic rings. The first-order valence-electron chi connectivity index (χ1n) is 8.05. The lowest BCUT2D eigenvalue weighted by molar-refractivity contribution is 0.185. The average Bonchev–Trinajstić information content (AvgIpc) is 3.20. The maximum atomic E-state index is 6.02. The van der Waals surface area contributed by atoms with E-state index >= 15 is 0 Å². The first-order chi connectivity index (χ1) is 9.53. The molecule has 0 amide bonds. The standard InChI is InChI=1S/C18H26ClN/c1-18(2)11-3-4-16(12-18)20-17(13-5-6-13)14-7-9-15(19)10-8-14/h7-10,13,16-17,20H,3-6,11-12H2,1-2H3. The van der Waals surface area contributed by atoms with Crippen molar-refractivity contribution >= 4 is 11.6 Å². The van der Waals surface area contributed by atoms with Gasteiger partial charge >= 0.3 is 0 Å². The van der Waals surface area contributed by atoms with E-state index in [9.17, 15) is 0 Å². The van der Waals surface area contributed by atoms with E-state index in [2.05, 4.69) is 31.3 Å². The van der Waals surface area contributed by atoms with Crippen LogP contribution in [0.5, 0.6) is 0 Å². The first-order valence-corrected chi connectivity index (χ1v) is 8.43. The van der Waals surface area contributed by atoms with Crippen LogP contribution in [0.2, 0.25) is 5.02 Å². The van der Waals surface area contributed by atoms with Crippen molar-refractivity contribution in [3.05, 3.63) is 34.9 Å². The Morgan fingerprint density at radius 1 is 1.15 bits per heavy atom. The molecule has 0 radical (unpaired) electrons. The van der Waals surface area contributed by atoms with Crippen molar-refractivity contribution in [1.29, 1.82) is 0 Å². The van der Waals surface area contributed by atoms with Crippen molar-refractivity contribution in [2.45, 2.75) is 64.5 Å². The summed E-state index contributed by atoms with van der Waals surface area (Å²) < 4.78 is 0. The Balaban J connectivity index is 1.70. The maximum absolute atomic E-state index is 6.02. The molecule has 2 saturated carbocycles. The van der Waals surface area contributed by atoms with Crippen LogP contribution in [-0.2, 0) is 0 Å². The third kappa shape index (κ3) is 3.56. The van der Waals surface area contributed by atoms with E-state index in [1.807, 2.05) is 12.1 Å². The largest absolute Gasteiger partial charge is 0.307 e. The molecule has 2 atom stereocenters. The van der Waals surface area contributed by atoms with Gasteiger partial charge in [0.05, 0.1) is 0 Å². The molecular weight excluding hydrogens is 266 g/mol. The molecule has 2 aliphatic carbocycles. The molecule has 2 unspecified atom stereocenters. The van der Waals surface area contributed by atoms with Crippen LogP contribution in [0.4, 0.5) is 0 Å². The Hall–Kier alpha value is -0.530. The summed E-state index contributed by atoms with van der Waals surface area (Å²) in [6.07, 6.45) is 8.12. The summed E-state index contributed by atoms with van der Waals surface area (Å²) in [5, 5.41) is 4.80. The van der Waals surface area contributed by atoms with Gasteiger partial charge in [0.15, 0.2) is 0 Å². The highest BCUT2D eigenvalue weighted by molar-refractivity contribution is 6.30. The summed E-state index contributed by atoms with van der Waals surface area (Å²) >= 11 is 6.02. The van der Waals surface area contributed by atoms with Crippen LogP contribution in [0.3, 0.4) is 0 Å². The van der Waals surface area contributed by atoms with Crippen LogP contribution in [0, 0.1) is 11.3 Å². The van der Waals surface area contributed by atoms with Gasteiger partial charge in [-0.1, -0.05) is 44.0 Å². The smallest absolute Gasteiger partial charge is 0.0406 e. The molecule has 1 N–H and O–H groups in total. The van der Waals surface area contributed by atoms with Gasteiger partial charge in [-0.25, -0.2) is 0 Å². The fraction of sp³-hybridized carbons (Fsp3) is 0.667. The fourth-order valence-electron chi connectivity index (χ4n) is 3.70. The van der Waals surface area contributed by atoms with Gasteiger partial charge in [-0.3, -0.25) is 0 Å². The summed E-state index contributed by atoms with van der Waals surface area (Å²) in [6, 6.07) is 9.67. The molecule has 0 spiro atoms. The van der Waals surface area contributed by atoms with Gasteiger partial charge in [-0.05, 0) is 61.1 Å². The molecule has 2 heteroatoms. The highest BCUT2D eigenvalue weighted by Gasteiger charge is 2.36. The second kappa shape index (κ2) is 5.69. The Morgan fingerprint density at radius 3 is 2.45 bits per heavy atom. The van der Waals surface area contributed by atoms with Gasteiger partial charge in [-0.2, -0.15) is 0 Å². The van der Waals surface area contributed by atoms with Gasteiger partial charge in [0, 0.05) is 17.1 Å². The van der Waals surface area contributed by atoms with Gasteiger partial charge in [0.1, 0.15) is 0 Å². The summed E-state index contributed by atoms with van der Waals surface area (Å²) in [7, 11) is 0. The Bertz CT molecular complexity index is 447. The van der Waals surface area contributed by atoms with Crippen LogP contribution in [0.15, 0.2) is 24.3 Å². The van der Waals surface area contributed by atoms with E-state index in [4.69, 9.17) is 11.6 Å². The van der Waals surface area contributed by atoms with E-state index in [-0.39, 0.29) is 0 Å². The molecule has 20 heavy (non-hydrogen) atoms. The van der Waals surface area contributed by atoms with Crippen LogP contribution in [0.25, 0.3) is 0 Å². The third-order valence-corrected chi connectivity index (χ3v) is 5.19. The summed E-state index contributed by atoms with van der Waals surface area (Å²) in [6.45, 7) is 4.82. The predicted molar refractivity (Wildman–Crippen MR) is 86.1 cm³/mol. The van der Waals surface area contributed by atoms with E-state index in [1.54, 1.807) is 0 Å². The van der Waals surface area contributed by atoms with Gasteiger partial charge in [0.25, 0.3) is 0 Å². The number of hydrogen-bond donors (Lipinski definition) is 1. The second-order valence-electron chi connectivity index (χ2n) is 7.49. The molecule has 2 fully saturated rings. The monoisotopic (exact) mass is 291 g/mol. The van der Waals surface area contributed by atoms with Crippen molar-refractivity contribution in [2.75, 3.05) is 0 Å². The van der Waals surface area contributed by atoms with Crippen molar-refractivity contribution in [3.63, 3.8) is 0 Å². The highest BCUT2D eigenvalue weighted by Crippen LogP contribution is 2.43. The second-order valence-corrected chi connectivity index (χ2v) is 7.93. The summed E-state index contributed by atoms with van der Waals surface area (Å²) in [4.78, 5) is 0. The van der Waals surface area contributed by atoms with Crippen LogP contribution < -0.4 is 5.32 Å². The molecule has 2 aliphatic rings. The number of hydrogen-bond acceptors (Lipinski definition) is 1. The van der Waals surface area contributed by atoms with E-state index in [0.29, 0.717) is 17.5 Å². The zero-order valence-corrected chi connectivity index (χ0v) is 13.4. The number of nitrogens with one attached hydrogen (secondary N) is 1. The quantitative estimate of drug-likeness (QED) is 0.788. The molecule has 0 saturated heterocycles. The van der Waals surface area contributed by atoms with Crippen molar-refractivity contribution in [3.8, 4) is 0 Å². The van der Waals surface area contributed by atoms with Crippen LogP contribution in [-0.4, -0.2) is 6.04 Å². The van der Waals surface area contributed by atoms with E-state index in [1.165, 1.54) is 44.1 Å². The lowest BCUT2D eigenvalue weighted by atomic mass is 9.75. The third-order valence-electron chi connectivity index (χ3n) is 4.94. The minimum absolute atomic E-state index is 0.504. The zero-order valence-electron chi connectivity index (χ0n) is 12.7. The molecule has 0 aliphatic heterocycles. The number of benzene rings is 1. The minimum Gasteiger partial charge on any atom is -0.307 e. The number of halogens is 1. The summed E-state index contributed by atoms with van der Waals surface area (Å²) in [5.41, 5.74) is 1.92. The number of rotatable bonds is 4. The minimum atomic E-state index is 0.504. The van der Waals surface area contributed by atoms with Gasteiger partial charge in [-0.15, -0.1) is 0 Å². The average molecular weight is 292 g/mol. The topological polar surface area (TPSA) is 12.0 Å². The maximum Gasteiger partial charge on any atom is 0.0406 e. The van der Waals surface area contributed by atoms with Crippen molar-refractivity contribution < 1.29 is 0 Å². The van der Waals surface area contributed by atoms with E-state index < -0.39 is 0 Å². The molecule has 1 aromatic carbocycles.